The Kier molecular flexibility index (Phi) is 5.41. The normalized spacial score (nSPS) is 16.2. The zero-order valence-corrected chi connectivity index (χ0v) is 15.0. The third-order valence-corrected chi connectivity index (χ3v) is 4.56. The van der Waals surface area contributed by atoms with E-state index >= 15 is 0 Å². The summed E-state index contributed by atoms with van der Waals surface area (Å²) in [5.41, 5.74) is 2.44. The number of aryl methyl sites for hydroxylation is 1. The number of benzene rings is 2. The van der Waals surface area contributed by atoms with E-state index in [9.17, 15) is 9.59 Å². The summed E-state index contributed by atoms with van der Waals surface area (Å²) >= 11 is 0. The lowest BCUT2D eigenvalue weighted by atomic mass is 10.1. The molecular formula is C20H23N3O3. The minimum Gasteiger partial charge on any atom is -0.497 e. The van der Waals surface area contributed by atoms with Crippen LogP contribution in [0, 0.1) is 6.92 Å². The molecule has 1 saturated heterocycles. The highest BCUT2D eigenvalue weighted by Gasteiger charge is 2.34. The topological polar surface area (TPSA) is 70.7 Å². The number of carbonyl (C=O) groups is 2. The van der Waals surface area contributed by atoms with Crippen molar-refractivity contribution in [1.82, 2.24) is 4.90 Å². The third kappa shape index (κ3) is 3.96. The van der Waals surface area contributed by atoms with Crippen LogP contribution in [0.15, 0.2) is 48.5 Å². The molecule has 0 bridgehead atoms. The SMILES string of the molecule is COc1ccc(NC(=O)N2CCC[C@H]2C(=O)Nc2ccccc2C)cc1. The van der Waals surface area contributed by atoms with Crippen LogP contribution in [0.1, 0.15) is 18.4 Å². The largest absolute Gasteiger partial charge is 0.497 e. The number of para-hydroxylation sites is 1. The first-order valence-electron chi connectivity index (χ1n) is 8.66. The van der Waals surface area contributed by atoms with Gasteiger partial charge in [-0.1, -0.05) is 18.2 Å². The summed E-state index contributed by atoms with van der Waals surface area (Å²) in [6, 6.07) is 14.0. The Morgan fingerprint density at radius 1 is 1.08 bits per heavy atom. The van der Waals surface area contributed by atoms with Crippen LogP contribution in [0.4, 0.5) is 16.2 Å². The number of amides is 3. The van der Waals surface area contributed by atoms with Crippen LogP contribution in [-0.4, -0.2) is 36.5 Å². The molecule has 0 aromatic heterocycles. The summed E-state index contributed by atoms with van der Waals surface area (Å²) < 4.78 is 5.11. The number of likely N-dealkylation sites (tertiary alicyclic amines) is 1. The van der Waals surface area contributed by atoms with Crippen molar-refractivity contribution in [3.63, 3.8) is 0 Å². The van der Waals surface area contributed by atoms with E-state index in [-0.39, 0.29) is 11.9 Å². The third-order valence-electron chi connectivity index (χ3n) is 4.56. The van der Waals surface area contributed by atoms with Crippen LogP contribution >= 0.6 is 0 Å². The lowest BCUT2D eigenvalue weighted by molar-refractivity contribution is -0.119. The van der Waals surface area contributed by atoms with Crippen molar-refractivity contribution < 1.29 is 14.3 Å². The summed E-state index contributed by atoms with van der Waals surface area (Å²) in [6.07, 6.45) is 1.47. The Balaban J connectivity index is 1.65. The molecule has 0 unspecified atom stereocenters. The zero-order chi connectivity index (χ0) is 18.5. The van der Waals surface area contributed by atoms with Gasteiger partial charge in [0.25, 0.3) is 0 Å². The standard InChI is InChI=1S/C20H23N3O3/c1-14-6-3-4-7-17(14)22-19(24)18-8-5-13-23(18)20(25)21-15-9-11-16(26-2)12-10-15/h3-4,6-7,9-12,18H,5,8,13H2,1-2H3,(H,21,25)(H,22,24)/t18-/m0/s1. The number of rotatable bonds is 4. The average molecular weight is 353 g/mol. The molecule has 2 N–H and O–H groups in total. The molecule has 3 rings (SSSR count). The highest BCUT2D eigenvalue weighted by atomic mass is 16.5. The fourth-order valence-corrected chi connectivity index (χ4v) is 3.08. The fraction of sp³-hybridized carbons (Fsp3) is 0.300. The number of anilines is 2. The number of nitrogens with one attached hydrogen (secondary N) is 2. The molecule has 2 aromatic carbocycles. The van der Waals surface area contributed by atoms with E-state index in [1.165, 1.54) is 0 Å². The molecule has 1 fully saturated rings. The van der Waals surface area contributed by atoms with Gasteiger partial charge < -0.3 is 20.3 Å². The summed E-state index contributed by atoms with van der Waals surface area (Å²) in [5.74, 6) is 0.571. The minimum atomic E-state index is -0.465. The Hall–Kier alpha value is -3.02. The van der Waals surface area contributed by atoms with Crippen LogP contribution < -0.4 is 15.4 Å². The predicted octanol–water partition coefficient (Wildman–Crippen LogP) is 3.64. The molecule has 0 spiro atoms. The molecule has 0 radical (unpaired) electrons. The number of ether oxygens (including phenoxy) is 1. The predicted molar refractivity (Wildman–Crippen MR) is 102 cm³/mol. The molecule has 1 aliphatic rings. The number of nitrogens with zero attached hydrogens (tertiary/aromatic N) is 1. The average Bonchev–Trinajstić information content (AvgIpc) is 3.14. The van der Waals surface area contributed by atoms with Crippen molar-refractivity contribution in [1.29, 1.82) is 0 Å². The van der Waals surface area contributed by atoms with Gasteiger partial charge in [-0.2, -0.15) is 0 Å². The zero-order valence-electron chi connectivity index (χ0n) is 15.0. The molecule has 0 aliphatic carbocycles. The first kappa shape index (κ1) is 17.8. The van der Waals surface area contributed by atoms with Gasteiger partial charge in [0, 0.05) is 17.9 Å². The number of hydrogen-bond acceptors (Lipinski definition) is 3. The number of hydrogen-bond donors (Lipinski definition) is 2. The molecule has 1 aliphatic heterocycles. The highest BCUT2D eigenvalue weighted by Crippen LogP contribution is 2.22. The Labute approximate surface area is 153 Å². The fourth-order valence-electron chi connectivity index (χ4n) is 3.08. The summed E-state index contributed by atoms with van der Waals surface area (Å²) in [7, 11) is 1.59. The first-order chi connectivity index (χ1) is 12.6. The van der Waals surface area contributed by atoms with E-state index in [1.807, 2.05) is 31.2 Å². The quantitative estimate of drug-likeness (QED) is 0.882. The molecule has 1 atom stereocenters. The van der Waals surface area contributed by atoms with Crippen molar-refractivity contribution in [3.05, 3.63) is 54.1 Å². The Morgan fingerprint density at radius 2 is 1.81 bits per heavy atom. The van der Waals surface area contributed by atoms with Gasteiger partial charge in [-0.3, -0.25) is 4.79 Å². The summed E-state index contributed by atoms with van der Waals surface area (Å²) in [4.78, 5) is 26.9. The summed E-state index contributed by atoms with van der Waals surface area (Å²) in [6.45, 7) is 2.51. The highest BCUT2D eigenvalue weighted by molar-refractivity contribution is 6.00. The summed E-state index contributed by atoms with van der Waals surface area (Å²) in [5, 5.41) is 5.79. The lowest BCUT2D eigenvalue weighted by Gasteiger charge is -2.24. The van der Waals surface area contributed by atoms with Crippen LogP contribution in [0.2, 0.25) is 0 Å². The van der Waals surface area contributed by atoms with E-state index in [0.717, 1.165) is 23.4 Å². The van der Waals surface area contributed by atoms with Crippen molar-refractivity contribution in [2.24, 2.45) is 0 Å². The van der Waals surface area contributed by atoms with Gasteiger partial charge in [0.05, 0.1) is 7.11 Å². The van der Waals surface area contributed by atoms with Gasteiger partial charge in [0.2, 0.25) is 5.91 Å². The monoisotopic (exact) mass is 353 g/mol. The Bertz CT molecular complexity index is 789. The smallest absolute Gasteiger partial charge is 0.322 e. The van der Waals surface area contributed by atoms with E-state index in [0.29, 0.717) is 18.7 Å². The molecule has 2 aromatic rings. The maximum atomic E-state index is 12.7. The van der Waals surface area contributed by atoms with Crippen molar-refractivity contribution in [2.45, 2.75) is 25.8 Å². The van der Waals surface area contributed by atoms with Gasteiger partial charge in [0.15, 0.2) is 0 Å². The lowest BCUT2D eigenvalue weighted by Crippen LogP contribution is -2.45. The maximum Gasteiger partial charge on any atom is 0.322 e. The van der Waals surface area contributed by atoms with Crippen LogP contribution in [0.5, 0.6) is 5.75 Å². The molecule has 6 heteroatoms. The minimum absolute atomic E-state index is 0.151. The van der Waals surface area contributed by atoms with E-state index in [4.69, 9.17) is 4.74 Å². The van der Waals surface area contributed by atoms with Gasteiger partial charge in [-0.25, -0.2) is 4.79 Å². The number of carbonyl (C=O) groups excluding carboxylic acids is 2. The first-order valence-corrected chi connectivity index (χ1v) is 8.66. The van der Waals surface area contributed by atoms with Crippen LogP contribution in [-0.2, 0) is 4.79 Å². The maximum absolute atomic E-state index is 12.7. The molecule has 136 valence electrons. The second-order valence-electron chi connectivity index (χ2n) is 6.31. The van der Waals surface area contributed by atoms with E-state index in [2.05, 4.69) is 10.6 Å². The van der Waals surface area contributed by atoms with Crippen molar-refractivity contribution >= 4 is 23.3 Å². The van der Waals surface area contributed by atoms with Gasteiger partial charge in [-0.15, -0.1) is 0 Å². The number of urea groups is 1. The Morgan fingerprint density at radius 3 is 2.50 bits per heavy atom. The number of methoxy groups -OCH3 is 1. The molecule has 0 saturated carbocycles. The van der Waals surface area contributed by atoms with E-state index in [1.54, 1.807) is 36.3 Å². The van der Waals surface area contributed by atoms with Gasteiger partial charge in [-0.05, 0) is 55.7 Å². The molecular weight excluding hydrogens is 330 g/mol. The van der Waals surface area contributed by atoms with Gasteiger partial charge in [0.1, 0.15) is 11.8 Å². The molecule has 26 heavy (non-hydrogen) atoms. The van der Waals surface area contributed by atoms with E-state index < -0.39 is 6.04 Å². The van der Waals surface area contributed by atoms with Crippen molar-refractivity contribution in [3.8, 4) is 5.75 Å². The van der Waals surface area contributed by atoms with Crippen LogP contribution in [0.3, 0.4) is 0 Å². The van der Waals surface area contributed by atoms with Crippen LogP contribution in [0.25, 0.3) is 0 Å². The molecule has 1 heterocycles. The van der Waals surface area contributed by atoms with Gasteiger partial charge >= 0.3 is 6.03 Å². The van der Waals surface area contributed by atoms with Crippen molar-refractivity contribution in [2.75, 3.05) is 24.3 Å². The molecule has 6 nitrogen and oxygen atoms in total. The second kappa shape index (κ2) is 7.91. The molecule has 3 amide bonds. The second-order valence-corrected chi connectivity index (χ2v) is 6.31.